The van der Waals surface area contributed by atoms with Crippen LogP contribution >= 0.6 is 0 Å². The molecule has 1 N–H and O–H groups in total. The summed E-state index contributed by atoms with van der Waals surface area (Å²) < 4.78 is 0. The van der Waals surface area contributed by atoms with E-state index in [4.69, 9.17) is 0 Å². The topological polar surface area (TPSA) is 24.9 Å². The normalized spacial score (nSPS) is 16.3. The third-order valence-corrected chi connectivity index (χ3v) is 3.91. The van der Waals surface area contributed by atoms with Crippen LogP contribution in [0.3, 0.4) is 0 Å². The SMILES string of the molecule is Cc1ccncc1CNC(c1ccccc1)C1CC1. The first-order valence-corrected chi connectivity index (χ1v) is 7.02. The molecule has 0 spiro atoms. The molecule has 2 heteroatoms. The van der Waals surface area contributed by atoms with E-state index in [1.165, 1.54) is 29.5 Å². The first-order valence-electron chi connectivity index (χ1n) is 7.02. The zero-order valence-corrected chi connectivity index (χ0v) is 11.3. The van der Waals surface area contributed by atoms with Gasteiger partial charge in [0, 0.05) is 25.0 Å². The third-order valence-electron chi connectivity index (χ3n) is 3.91. The molecule has 1 saturated carbocycles. The summed E-state index contributed by atoms with van der Waals surface area (Å²) >= 11 is 0. The molecule has 3 rings (SSSR count). The van der Waals surface area contributed by atoms with Gasteiger partial charge in [-0.2, -0.15) is 0 Å². The van der Waals surface area contributed by atoms with Gasteiger partial charge in [-0.3, -0.25) is 4.98 Å². The van der Waals surface area contributed by atoms with E-state index in [0.29, 0.717) is 6.04 Å². The van der Waals surface area contributed by atoms with E-state index < -0.39 is 0 Å². The molecule has 2 aromatic rings. The van der Waals surface area contributed by atoms with E-state index in [1.807, 2.05) is 12.4 Å². The molecule has 1 aliphatic rings. The lowest BCUT2D eigenvalue weighted by molar-refractivity contribution is 0.479. The molecular weight excluding hydrogens is 232 g/mol. The van der Waals surface area contributed by atoms with E-state index in [0.717, 1.165) is 12.5 Å². The summed E-state index contributed by atoms with van der Waals surface area (Å²) in [5.74, 6) is 0.805. The highest BCUT2D eigenvalue weighted by Crippen LogP contribution is 2.41. The van der Waals surface area contributed by atoms with Gasteiger partial charge in [0.05, 0.1) is 0 Å². The van der Waals surface area contributed by atoms with Crippen LogP contribution in [0.15, 0.2) is 48.8 Å². The van der Waals surface area contributed by atoms with Crippen molar-refractivity contribution in [3.63, 3.8) is 0 Å². The third kappa shape index (κ3) is 3.02. The van der Waals surface area contributed by atoms with Crippen LogP contribution in [0, 0.1) is 12.8 Å². The van der Waals surface area contributed by atoms with Crippen molar-refractivity contribution in [1.82, 2.24) is 10.3 Å². The molecule has 1 unspecified atom stereocenters. The minimum Gasteiger partial charge on any atom is -0.306 e. The zero-order valence-electron chi connectivity index (χ0n) is 11.3. The maximum Gasteiger partial charge on any atom is 0.0351 e. The van der Waals surface area contributed by atoms with Crippen molar-refractivity contribution in [3.8, 4) is 0 Å². The quantitative estimate of drug-likeness (QED) is 0.879. The lowest BCUT2D eigenvalue weighted by Gasteiger charge is -2.19. The molecule has 2 nitrogen and oxygen atoms in total. The fraction of sp³-hybridized carbons (Fsp3) is 0.353. The average Bonchev–Trinajstić information content (AvgIpc) is 3.27. The van der Waals surface area contributed by atoms with E-state index in [1.54, 1.807) is 0 Å². The van der Waals surface area contributed by atoms with Crippen LogP contribution in [0.2, 0.25) is 0 Å². The van der Waals surface area contributed by atoms with E-state index in [2.05, 4.69) is 53.6 Å². The second kappa shape index (κ2) is 5.54. The van der Waals surface area contributed by atoms with Crippen LogP contribution < -0.4 is 5.32 Å². The lowest BCUT2D eigenvalue weighted by Crippen LogP contribution is -2.23. The predicted molar refractivity (Wildman–Crippen MR) is 77.7 cm³/mol. The molecule has 1 heterocycles. The summed E-state index contributed by atoms with van der Waals surface area (Å²) in [6.07, 6.45) is 6.52. The number of benzene rings is 1. The number of nitrogens with one attached hydrogen (secondary N) is 1. The first-order chi connectivity index (χ1) is 9.34. The standard InChI is InChI=1S/C17H20N2/c1-13-9-10-18-11-16(13)12-19-17(15-7-8-15)14-5-3-2-4-6-14/h2-6,9-11,15,17,19H,7-8,12H2,1H3. The molecule has 19 heavy (non-hydrogen) atoms. The van der Waals surface area contributed by atoms with Crippen molar-refractivity contribution in [1.29, 1.82) is 0 Å². The summed E-state index contributed by atoms with van der Waals surface area (Å²) in [6.45, 7) is 3.04. The lowest BCUT2D eigenvalue weighted by atomic mass is 10.0. The van der Waals surface area contributed by atoms with Gasteiger partial charge in [-0.05, 0) is 48.4 Å². The molecule has 1 atom stereocenters. The van der Waals surface area contributed by atoms with Crippen molar-refractivity contribution in [2.75, 3.05) is 0 Å². The van der Waals surface area contributed by atoms with Gasteiger partial charge in [-0.1, -0.05) is 30.3 Å². The molecule has 0 radical (unpaired) electrons. The molecule has 0 saturated heterocycles. The highest BCUT2D eigenvalue weighted by Gasteiger charge is 2.31. The van der Waals surface area contributed by atoms with Gasteiger partial charge in [0.2, 0.25) is 0 Å². The predicted octanol–water partition coefficient (Wildman–Crippen LogP) is 3.63. The summed E-state index contributed by atoms with van der Waals surface area (Å²) in [7, 11) is 0. The van der Waals surface area contributed by atoms with Crippen molar-refractivity contribution in [2.45, 2.75) is 32.4 Å². The minimum atomic E-state index is 0.487. The Hall–Kier alpha value is -1.67. The van der Waals surface area contributed by atoms with Gasteiger partial charge >= 0.3 is 0 Å². The second-order valence-electron chi connectivity index (χ2n) is 5.41. The first kappa shape index (κ1) is 12.4. The van der Waals surface area contributed by atoms with Crippen LogP contribution in [0.4, 0.5) is 0 Å². The van der Waals surface area contributed by atoms with Crippen molar-refractivity contribution < 1.29 is 0 Å². The van der Waals surface area contributed by atoms with Crippen LogP contribution in [0.25, 0.3) is 0 Å². The minimum absolute atomic E-state index is 0.487. The Labute approximate surface area is 114 Å². The summed E-state index contributed by atoms with van der Waals surface area (Å²) in [6, 6.07) is 13.4. The number of aromatic nitrogens is 1. The molecule has 0 amide bonds. The number of rotatable bonds is 5. The summed E-state index contributed by atoms with van der Waals surface area (Å²) in [5, 5.41) is 3.72. The van der Waals surface area contributed by atoms with E-state index in [9.17, 15) is 0 Å². The molecule has 1 aliphatic carbocycles. The highest BCUT2D eigenvalue weighted by molar-refractivity contribution is 5.24. The maximum absolute atomic E-state index is 4.22. The molecule has 0 bridgehead atoms. The smallest absolute Gasteiger partial charge is 0.0351 e. The summed E-state index contributed by atoms with van der Waals surface area (Å²) in [5.41, 5.74) is 4.01. The van der Waals surface area contributed by atoms with E-state index >= 15 is 0 Å². The van der Waals surface area contributed by atoms with Gasteiger partial charge in [-0.15, -0.1) is 0 Å². The number of pyridine rings is 1. The second-order valence-corrected chi connectivity index (χ2v) is 5.41. The van der Waals surface area contributed by atoms with Crippen LogP contribution in [0.5, 0.6) is 0 Å². The van der Waals surface area contributed by atoms with Gasteiger partial charge in [0.1, 0.15) is 0 Å². The number of nitrogens with zero attached hydrogens (tertiary/aromatic N) is 1. The van der Waals surface area contributed by atoms with Crippen molar-refractivity contribution >= 4 is 0 Å². The Morgan fingerprint density at radius 1 is 1.21 bits per heavy atom. The van der Waals surface area contributed by atoms with Gasteiger partial charge in [0.15, 0.2) is 0 Å². The van der Waals surface area contributed by atoms with Crippen LogP contribution in [-0.2, 0) is 6.54 Å². The number of aryl methyl sites for hydroxylation is 1. The van der Waals surface area contributed by atoms with Gasteiger partial charge in [-0.25, -0.2) is 0 Å². The molecule has 1 fully saturated rings. The van der Waals surface area contributed by atoms with Gasteiger partial charge in [0.25, 0.3) is 0 Å². The zero-order chi connectivity index (χ0) is 13.1. The molecular formula is C17H20N2. The van der Waals surface area contributed by atoms with Crippen molar-refractivity contribution in [3.05, 3.63) is 65.5 Å². The average molecular weight is 252 g/mol. The van der Waals surface area contributed by atoms with Crippen LogP contribution in [-0.4, -0.2) is 4.98 Å². The van der Waals surface area contributed by atoms with E-state index in [-0.39, 0.29) is 0 Å². The van der Waals surface area contributed by atoms with Crippen molar-refractivity contribution in [2.24, 2.45) is 5.92 Å². The maximum atomic E-state index is 4.22. The fourth-order valence-electron chi connectivity index (χ4n) is 2.55. The largest absolute Gasteiger partial charge is 0.306 e. The molecule has 98 valence electrons. The number of hydrogen-bond acceptors (Lipinski definition) is 2. The number of hydrogen-bond donors (Lipinski definition) is 1. The Morgan fingerprint density at radius 2 is 2.00 bits per heavy atom. The molecule has 0 aliphatic heterocycles. The monoisotopic (exact) mass is 252 g/mol. The highest BCUT2D eigenvalue weighted by atomic mass is 14.9. The van der Waals surface area contributed by atoms with Crippen LogP contribution in [0.1, 0.15) is 35.6 Å². The molecule has 1 aromatic carbocycles. The Balaban J connectivity index is 1.71. The Bertz CT molecular complexity index is 532. The van der Waals surface area contributed by atoms with Gasteiger partial charge < -0.3 is 5.32 Å². The Morgan fingerprint density at radius 3 is 2.68 bits per heavy atom. The molecule has 1 aromatic heterocycles. The summed E-state index contributed by atoms with van der Waals surface area (Å²) in [4.78, 5) is 4.22. The fourth-order valence-corrected chi connectivity index (χ4v) is 2.55. The Kier molecular flexibility index (Phi) is 3.60.